The molecule has 0 bridgehead atoms. The first kappa shape index (κ1) is 22.9. The van der Waals surface area contributed by atoms with E-state index in [9.17, 15) is 0 Å². The van der Waals surface area contributed by atoms with Gasteiger partial charge in [0.25, 0.3) is 0 Å². The van der Waals surface area contributed by atoms with Crippen LogP contribution >= 0.6 is 0 Å². The van der Waals surface area contributed by atoms with Gasteiger partial charge in [-0.2, -0.15) is 0 Å². The number of methoxy groups -OCH3 is 1. The van der Waals surface area contributed by atoms with Gasteiger partial charge in [-0.05, 0) is 13.3 Å². The van der Waals surface area contributed by atoms with Gasteiger partial charge in [0.1, 0.15) is 0 Å². The van der Waals surface area contributed by atoms with Crippen molar-refractivity contribution in [1.29, 1.82) is 0 Å². The molecule has 0 aliphatic heterocycles. The Morgan fingerprint density at radius 3 is 1.48 bits per heavy atom. The number of hydrogen-bond donors (Lipinski definition) is 0. The molecule has 2 nitrogen and oxygen atoms in total. The van der Waals surface area contributed by atoms with Crippen LogP contribution in [0.4, 0.5) is 0 Å². The van der Waals surface area contributed by atoms with E-state index >= 15 is 0 Å². The molecule has 0 N–H and O–H groups in total. The van der Waals surface area contributed by atoms with Gasteiger partial charge in [0.05, 0.1) is 19.3 Å². The average Bonchev–Trinajstić information content (AvgIpc) is 2.55. The van der Waals surface area contributed by atoms with Crippen molar-refractivity contribution >= 4 is 0 Å². The fourth-order valence-electron chi connectivity index (χ4n) is 3.04. The first-order valence-corrected chi connectivity index (χ1v) is 10.4. The first-order chi connectivity index (χ1) is 11.3. The maximum Gasteiger partial charge on any atom is 0.0703 e. The van der Waals surface area contributed by atoms with Gasteiger partial charge < -0.3 is 9.47 Å². The molecule has 0 rings (SSSR count). The maximum atomic E-state index is 5.67. The lowest BCUT2D eigenvalue weighted by molar-refractivity contribution is 0.0214. The highest BCUT2D eigenvalue weighted by Gasteiger charge is 2.01. The molecule has 0 saturated carbocycles. The molecule has 23 heavy (non-hydrogen) atoms. The molecule has 0 radical (unpaired) electrons. The summed E-state index contributed by atoms with van der Waals surface area (Å²) in [6.07, 6.45) is 21.5. The highest BCUT2D eigenvalue weighted by molar-refractivity contribution is 4.53. The molecule has 0 aliphatic rings. The summed E-state index contributed by atoms with van der Waals surface area (Å²) < 4.78 is 10.7. The van der Waals surface area contributed by atoms with Crippen LogP contribution < -0.4 is 0 Å². The lowest BCUT2D eigenvalue weighted by atomic mass is 10.0. The summed E-state index contributed by atoms with van der Waals surface area (Å²) in [6.45, 7) is 5.91. The van der Waals surface area contributed by atoms with Gasteiger partial charge in [0.2, 0.25) is 0 Å². The molecule has 0 aliphatic carbocycles. The zero-order valence-electron chi connectivity index (χ0n) is 16.4. The Hall–Kier alpha value is -0.0800. The summed E-state index contributed by atoms with van der Waals surface area (Å²) >= 11 is 0. The Bertz CT molecular complexity index is 206. The molecule has 0 saturated heterocycles. The second kappa shape index (κ2) is 20.0. The summed E-state index contributed by atoms with van der Waals surface area (Å²) in [4.78, 5) is 0. The van der Waals surface area contributed by atoms with E-state index in [1.54, 1.807) is 7.11 Å². The van der Waals surface area contributed by atoms with Gasteiger partial charge in [-0.1, -0.05) is 96.8 Å². The van der Waals surface area contributed by atoms with Crippen LogP contribution in [0.25, 0.3) is 0 Å². The summed E-state index contributed by atoms with van der Waals surface area (Å²) in [5, 5.41) is 0. The van der Waals surface area contributed by atoms with Crippen molar-refractivity contribution in [3.8, 4) is 0 Å². The molecule has 1 unspecified atom stereocenters. The molecule has 0 aromatic heterocycles. The standard InChI is InChI=1S/C21H44O2/c1-4-5-6-7-8-9-10-11-12-13-14-15-16-17-18-21(2)23-20-19-22-3/h21H,4-20H2,1-3H3. The van der Waals surface area contributed by atoms with Crippen molar-refractivity contribution in [2.24, 2.45) is 0 Å². The Balaban J connectivity index is 3.05. The fourth-order valence-corrected chi connectivity index (χ4v) is 3.04. The van der Waals surface area contributed by atoms with Crippen molar-refractivity contribution in [1.82, 2.24) is 0 Å². The minimum Gasteiger partial charge on any atom is -0.382 e. The predicted octanol–water partition coefficient (Wildman–Crippen LogP) is 6.91. The second-order valence-electron chi connectivity index (χ2n) is 7.06. The van der Waals surface area contributed by atoms with Crippen LogP contribution in [0.3, 0.4) is 0 Å². The number of ether oxygens (including phenoxy) is 2. The normalized spacial score (nSPS) is 12.7. The predicted molar refractivity (Wildman–Crippen MR) is 102 cm³/mol. The van der Waals surface area contributed by atoms with Gasteiger partial charge >= 0.3 is 0 Å². The minimum atomic E-state index is 0.391. The zero-order valence-corrected chi connectivity index (χ0v) is 16.4. The molecule has 0 aromatic rings. The van der Waals surface area contributed by atoms with Crippen LogP contribution in [-0.2, 0) is 9.47 Å². The van der Waals surface area contributed by atoms with Crippen LogP contribution in [0.15, 0.2) is 0 Å². The minimum absolute atomic E-state index is 0.391. The smallest absolute Gasteiger partial charge is 0.0703 e. The molecular weight excluding hydrogens is 284 g/mol. The van der Waals surface area contributed by atoms with E-state index in [4.69, 9.17) is 9.47 Å². The fraction of sp³-hybridized carbons (Fsp3) is 1.00. The van der Waals surface area contributed by atoms with Crippen LogP contribution in [0.2, 0.25) is 0 Å². The summed E-state index contributed by atoms with van der Waals surface area (Å²) in [5.41, 5.74) is 0. The molecule has 0 amide bonds. The van der Waals surface area contributed by atoms with Gasteiger partial charge in [0.15, 0.2) is 0 Å². The van der Waals surface area contributed by atoms with Gasteiger partial charge in [-0.15, -0.1) is 0 Å². The largest absolute Gasteiger partial charge is 0.382 e. The first-order valence-electron chi connectivity index (χ1n) is 10.4. The Labute approximate surface area is 146 Å². The second-order valence-corrected chi connectivity index (χ2v) is 7.06. The maximum absolute atomic E-state index is 5.67. The van der Waals surface area contributed by atoms with Gasteiger partial charge in [0, 0.05) is 7.11 Å². The van der Waals surface area contributed by atoms with Crippen LogP contribution in [-0.4, -0.2) is 26.4 Å². The van der Waals surface area contributed by atoms with E-state index < -0.39 is 0 Å². The van der Waals surface area contributed by atoms with Crippen molar-refractivity contribution in [3.05, 3.63) is 0 Å². The third-order valence-corrected chi connectivity index (χ3v) is 4.65. The van der Waals surface area contributed by atoms with Crippen LogP contribution in [0.1, 0.15) is 110 Å². The van der Waals surface area contributed by atoms with Gasteiger partial charge in [-0.25, -0.2) is 0 Å². The van der Waals surface area contributed by atoms with Crippen molar-refractivity contribution < 1.29 is 9.47 Å². The molecule has 0 spiro atoms. The van der Waals surface area contributed by atoms with E-state index in [2.05, 4.69) is 13.8 Å². The lowest BCUT2D eigenvalue weighted by Crippen LogP contribution is -2.12. The van der Waals surface area contributed by atoms with Gasteiger partial charge in [-0.3, -0.25) is 0 Å². The highest BCUT2D eigenvalue weighted by Crippen LogP contribution is 2.14. The summed E-state index contributed by atoms with van der Waals surface area (Å²) in [6, 6.07) is 0. The van der Waals surface area contributed by atoms with Crippen LogP contribution in [0, 0.1) is 0 Å². The van der Waals surface area contributed by atoms with Crippen molar-refractivity contribution in [2.75, 3.05) is 20.3 Å². The molecule has 0 heterocycles. The average molecular weight is 329 g/mol. The molecule has 0 aromatic carbocycles. The number of hydrogen-bond acceptors (Lipinski definition) is 2. The lowest BCUT2D eigenvalue weighted by Gasteiger charge is -2.12. The van der Waals surface area contributed by atoms with E-state index in [0.717, 1.165) is 6.61 Å². The molecule has 1 atom stereocenters. The summed E-state index contributed by atoms with van der Waals surface area (Å²) in [5.74, 6) is 0. The third-order valence-electron chi connectivity index (χ3n) is 4.65. The molecule has 140 valence electrons. The zero-order chi connectivity index (χ0) is 17.0. The van der Waals surface area contributed by atoms with Crippen molar-refractivity contribution in [3.63, 3.8) is 0 Å². The van der Waals surface area contributed by atoms with E-state index in [-0.39, 0.29) is 0 Å². The van der Waals surface area contributed by atoms with E-state index in [1.807, 2.05) is 0 Å². The topological polar surface area (TPSA) is 18.5 Å². The monoisotopic (exact) mass is 328 g/mol. The quantitative estimate of drug-likeness (QED) is 0.240. The SMILES string of the molecule is CCCCCCCCCCCCCCCCC(C)OCCOC. The van der Waals surface area contributed by atoms with Crippen LogP contribution in [0.5, 0.6) is 0 Å². The van der Waals surface area contributed by atoms with E-state index in [1.165, 1.54) is 96.3 Å². The molecule has 2 heteroatoms. The summed E-state index contributed by atoms with van der Waals surface area (Å²) in [7, 11) is 1.72. The highest BCUT2D eigenvalue weighted by atomic mass is 16.5. The van der Waals surface area contributed by atoms with E-state index in [0.29, 0.717) is 12.7 Å². The Kier molecular flexibility index (Phi) is 19.9. The Morgan fingerprint density at radius 2 is 1.04 bits per heavy atom. The third kappa shape index (κ3) is 19.9. The number of unbranched alkanes of at least 4 members (excludes halogenated alkanes) is 13. The van der Waals surface area contributed by atoms with Crippen molar-refractivity contribution in [2.45, 2.75) is 116 Å². The molecule has 0 fully saturated rings. The Morgan fingerprint density at radius 1 is 0.609 bits per heavy atom. The number of rotatable bonds is 19. The molecular formula is C21H44O2.